The summed E-state index contributed by atoms with van der Waals surface area (Å²) in [5.41, 5.74) is 2.72. The van der Waals surface area contributed by atoms with Crippen molar-refractivity contribution in [1.29, 1.82) is 0 Å². The van der Waals surface area contributed by atoms with Gasteiger partial charge in [-0.15, -0.1) is 0 Å². The van der Waals surface area contributed by atoms with Gasteiger partial charge in [0.15, 0.2) is 0 Å². The molecule has 20 heavy (non-hydrogen) atoms. The summed E-state index contributed by atoms with van der Waals surface area (Å²) in [6.45, 7) is 7.79. The van der Waals surface area contributed by atoms with Crippen LogP contribution in [-0.2, 0) is 5.41 Å². The van der Waals surface area contributed by atoms with Gasteiger partial charge in [0.2, 0.25) is 0 Å². The monoisotopic (exact) mass is 276 g/mol. The molecule has 2 rings (SSSR count). The van der Waals surface area contributed by atoms with E-state index in [2.05, 4.69) is 39.0 Å². The number of hydrogen-bond donors (Lipinski definition) is 1. The highest BCUT2D eigenvalue weighted by Gasteiger charge is 2.29. The van der Waals surface area contributed by atoms with E-state index in [0.717, 1.165) is 25.2 Å². The molecule has 0 aliphatic carbocycles. The zero-order valence-electron chi connectivity index (χ0n) is 13.1. The minimum atomic E-state index is 0.197. The number of ether oxygens (including phenoxy) is 1. The first-order valence-electron chi connectivity index (χ1n) is 7.96. The number of hydrogen-bond acceptors (Lipinski definition) is 2. The zero-order valence-corrected chi connectivity index (χ0v) is 13.1. The fraction of sp³-hybridized carbons (Fsp3) is 0.667. The largest absolute Gasteiger partial charge is 0.493 e. The van der Waals surface area contributed by atoms with Crippen LogP contribution in [0.2, 0.25) is 0 Å². The van der Waals surface area contributed by atoms with Gasteiger partial charge in [0.05, 0.1) is 6.61 Å². The maximum Gasteiger partial charge on any atom is 0.123 e. The van der Waals surface area contributed by atoms with Crippen LogP contribution in [0.5, 0.6) is 5.75 Å². The Balaban J connectivity index is 2.17. The Hall–Kier alpha value is -1.02. The Morgan fingerprint density at radius 1 is 1.30 bits per heavy atom. The zero-order chi connectivity index (χ0) is 14.6. The fourth-order valence-electron chi connectivity index (χ4n) is 3.03. The summed E-state index contributed by atoms with van der Waals surface area (Å²) in [6, 6.07) is 6.54. The van der Waals surface area contributed by atoms with Crippen LogP contribution in [0.3, 0.4) is 0 Å². The number of unbranched alkanes of at least 4 members (excludes halogenated alkanes) is 2. The molecule has 1 N–H and O–H groups in total. The van der Waals surface area contributed by atoms with E-state index < -0.39 is 0 Å². The molecule has 0 aromatic heterocycles. The lowest BCUT2D eigenvalue weighted by atomic mass is 9.79. The molecule has 0 amide bonds. The van der Waals surface area contributed by atoms with Crippen LogP contribution < -0.4 is 4.74 Å². The third-order valence-electron chi connectivity index (χ3n) is 4.57. The van der Waals surface area contributed by atoms with Gasteiger partial charge in [0.25, 0.3) is 0 Å². The maximum atomic E-state index is 9.64. The average molecular weight is 276 g/mol. The Labute approximate surface area is 123 Å². The van der Waals surface area contributed by atoms with Gasteiger partial charge in [-0.1, -0.05) is 52.2 Å². The van der Waals surface area contributed by atoms with Crippen molar-refractivity contribution in [2.75, 3.05) is 13.2 Å². The highest BCUT2D eigenvalue weighted by Crippen LogP contribution is 2.40. The van der Waals surface area contributed by atoms with E-state index in [0.29, 0.717) is 0 Å². The molecule has 1 atom stereocenters. The maximum absolute atomic E-state index is 9.64. The molecule has 112 valence electrons. The first-order valence-corrected chi connectivity index (χ1v) is 7.96. The lowest BCUT2D eigenvalue weighted by molar-refractivity contribution is 0.232. The second-order valence-electron chi connectivity index (χ2n) is 6.61. The van der Waals surface area contributed by atoms with E-state index >= 15 is 0 Å². The van der Waals surface area contributed by atoms with Crippen LogP contribution in [0.15, 0.2) is 18.2 Å². The van der Waals surface area contributed by atoms with Crippen LogP contribution in [0.25, 0.3) is 0 Å². The van der Waals surface area contributed by atoms with E-state index in [4.69, 9.17) is 4.74 Å². The van der Waals surface area contributed by atoms with Crippen molar-refractivity contribution in [2.24, 2.45) is 0 Å². The lowest BCUT2D eigenvalue weighted by Gasteiger charge is -2.33. The molecule has 1 aliphatic heterocycles. The summed E-state index contributed by atoms with van der Waals surface area (Å²) in [7, 11) is 0. The van der Waals surface area contributed by atoms with Crippen molar-refractivity contribution in [1.82, 2.24) is 0 Å². The highest BCUT2D eigenvalue weighted by atomic mass is 16.5. The van der Waals surface area contributed by atoms with E-state index in [1.807, 2.05) is 0 Å². The standard InChI is InChI=1S/C18H28O2/c1-4-5-6-7-15(13-19)14-8-9-16-17(12-14)20-11-10-18(16,2)3/h8-9,12,15,19H,4-7,10-11,13H2,1-3H3/t15-/m1/s1. The number of fused-ring (bicyclic) bond motifs is 1. The summed E-state index contributed by atoms with van der Waals surface area (Å²) in [5.74, 6) is 1.27. The molecule has 1 aromatic rings. The molecule has 0 unspecified atom stereocenters. The van der Waals surface area contributed by atoms with Crippen molar-refractivity contribution in [3.63, 3.8) is 0 Å². The molecule has 0 saturated heterocycles. The molecule has 2 nitrogen and oxygen atoms in total. The van der Waals surface area contributed by atoms with Gasteiger partial charge in [0.1, 0.15) is 5.75 Å². The van der Waals surface area contributed by atoms with E-state index in [1.54, 1.807) is 0 Å². The van der Waals surface area contributed by atoms with E-state index in [1.165, 1.54) is 30.4 Å². The smallest absolute Gasteiger partial charge is 0.123 e. The van der Waals surface area contributed by atoms with Crippen LogP contribution in [0.4, 0.5) is 0 Å². The molecular weight excluding hydrogens is 248 g/mol. The number of aliphatic hydroxyl groups is 1. The molecule has 0 radical (unpaired) electrons. The SMILES string of the molecule is CCCCC[C@H](CO)c1ccc2c(c1)OCCC2(C)C. The summed E-state index contributed by atoms with van der Waals surface area (Å²) in [5, 5.41) is 9.64. The predicted molar refractivity (Wildman–Crippen MR) is 83.5 cm³/mol. The van der Waals surface area contributed by atoms with Gasteiger partial charge < -0.3 is 9.84 Å². The van der Waals surface area contributed by atoms with Crippen molar-refractivity contribution in [3.8, 4) is 5.75 Å². The van der Waals surface area contributed by atoms with E-state index in [9.17, 15) is 5.11 Å². The van der Waals surface area contributed by atoms with Gasteiger partial charge in [-0.3, -0.25) is 0 Å². The Bertz CT molecular complexity index is 437. The van der Waals surface area contributed by atoms with Gasteiger partial charge in [0, 0.05) is 12.5 Å². The van der Waals surface area contributed by atoms with Gasteiger partial charge in [-0.25, -0.2) is 0 Å². The topological polar surface area (TPSA) is 29.5 Å². The molecular formula is C18H28O2. The van der Waals surface area contributed by atoms with Crippen molar-refractivity contribution >= 4 is 0 Å². The van der Waals surface area contributed by atoms with Crippen LogP contribution in [0.1, 0.15) is 69.9 Å². The number of aliphatic hydroxyl groups excluding tert-OH is 1. The Kier molecular flexibility index (Phi) is 5.09. The van der Waals surface area contributed by atoms with Crippen LogP contribution >= 0.6 is 0 Å². The third-order valence-corrected chi connectivity index (χ3v) is 4.57. The van der Waals surface area contributed by atoms with Crippen LogP contribution in [0, 0.1) is 0 Å². The predicted octanol–water partition coefficient (Wildman–Crippen LogP) is 4.40. The first kappa shape index (κ1) is 15.4. The molecule has 1 heterocycles. The quantitative estimate of drug-likeness (QED) is 0.780. The Morgan fingerprint density at radius 2 is 2.10 bits per heavy atom. The summed E-state index contributed by atoms with van der Waals surface area (Å²) in [4.78, 5) is 0. The van der Waals surface area contributed by atoms with Gasteiger partial charge >= 0.3 is 0 Å². The molecule has 0 saturated carbocycles. The highest BCUT2D eigenvalue weighted by molar-refractivity contribution is 5.44. The molecule has 2 heteroatoms. The van der Waals surface area contributed by atoms with E-state index in [-0.39, 0.29) is 17.9 Å². The summed E-state index contributed by atoms with van der Waals surface area (Å²) < 4.78 is 5.84. The minimum Gasteiger partial charge on any atom is -0.493 e. The van der Waals surface area contributed by atoms with Crippen molar-refractivity contribution in [2.45, 2.75) is 64.2 Å². The molecule has 0 fully saturated rings. The number of benzene rings is 1. The molecule has 0 bridgehead atoms. The first-order chi connectivity index (χ1) is 9.58. The van der Waals surface area contributed by atoms with Crippen LogP contribution in [-0.4, -0.2) is 18.3 Å². The van der Waals surface area contributed by atoms with Gasteiger partial charge in [-0.2, -0.15) is 0 Å². The summed E-state index contributed by atoms with van der Waals surface area (Å²) in [6.07, 6.45) is 5.78. The fourth-order valence-corrected chi connectivity index (χ4v) is 3.03. The summed E-state index contributed by atoms with van der Waals surface area (Å²) >= 11 is 0. The van der Waals surface area contributed by atoms with Gasteiger partial charge in [-0.05, 0) is 35.4 Å². The molecule has 1 aromatic carbocycles. The minimum absolute atomic E-state index is 0.197. The van der Waals surface area contributed by atoms with Crippen molar-refractivity contribution < 1.29 is 9.84 Å². The normalized spacial score (nSPS) is 18.2. The molecule has 1 aliphatic rings. The third kappa shape index (κ3) is 3.35. The second-order valence-corrected chi connectivity index (χ2v) is 6.61. The van der Waals surface area contributed by atoms with Crippen molar-refractivity contribution in [3.05, 3.63) is 29.3 Å². The average Bonchev–Trinajstić information content (AvgIpc) is 2.43. The lowest BCUT2D eigenvalue weighted by Crippen LogP contribution is -2.26. The molecule has 0 spiro atoms. The Morgan fingerprint density at radius 3 is 2.80 bits per heavy atom. The number of rotatable bonds is 6. The second kappa shape index (κ2) is 6.62.